The molecule has 25 heavy (non-hydrogen) atoms. The third kappa shape index (κ3) is 3.75. The van der Waals surface area contributed by atoms with Gasteiger partial charge in [0.15, 0.2) is 0 Å². The number of hydrogen-bond acceptors (Lipinski definition) is 6. The molecule has 1 saturated heterocycles. The number of piperidine rings is 1. The number of nitrogens with zero attached hydrogens (tertiary/aromatic N) is 6. The maximum atomic E-state index is 5.78. The van der Waals surface area contributed by atoms with Gasteiger partial charge < -0.3 is 10.6 Å². The van der Waals surface area contributed by atoms with E-state index in [1.54, 1.807) is 0 Å². The normalized spacial score (nSPS) is 19.6. The van der Waals surface area contributed by atoms with Crippen molar-refractivity contribution in [2.75, 3.05) is 23.7 Å². The van der Waals surface area contributed by atoms with Crippen LogP contribution in [-0.4, -0.2) is 38.1 Å². The molecule has 2 aliphatic rings. The molecule has 134 valence electrons. The smallest absolute Gasteiger partial charge is 0.222 e. The Hall–Kier alpha value is -2.18. The summed E-state index contributed by atoms with van der Waals surface area (Å²) in [6.45, 7) is 4.94. The summed E-state index contributed by atoms with van der Waals surface area (Å²) in [5, 5.41) is 8.79. The van der Waals surface area contributed by atoms with Crippen molar-refractivity contribution in [3.8, 4) is 0 Å². The lowest BCUT2D eigenvalue weighted by molar-refractivity contribution is 0.338. The van der Waals surface area contributed by atoms with Crippen molar-refractivity contribution >= 4 is 11.8 Å². The third-order valence-electron chi connectivity index (χ3n) is 5.57. The van der Waals surface area contributed by atoms with Gasteiger partial charge in [-0.1, -0.05) is 18.1 Å². The third-order valence-corrected chi connectivity index (χ3v) is 5.57. The van der Waals surface area contributed by atoms with E-state index in [0.717, 1.165) is 44.0 Å². The van der Waals surface area contributed by atoms with Crippen LogP contribution < -0.4 is 10.6 Å². The molecule has 0 amide bonds. The summed E-state index contributed by atoms with van der Waals surface area (Å²) in [5.74, 6) is 2.60. The molecule has 0 aromatic carbocycles. The van der Waals surface area contributed by atoms with Crippen LogP contribution in [0.25, 0.3) is 0 Å². The first kappa shape index (κ1) is 16.3. The Balaban J connectivity index is 1.33. The lowest BCUT2D eigenvalue weighted by Crippen LogP contribution is -2.35. The monoisotopic (exact) mass is 341 g/mol. The number of anilines is 2. The van der Waals surface area contributed by atoms with Gasteiger partial charge in [-0.3, -0.25) is 4.68 Å². The standard InChI is InChI=1S/C18H27N7/c1-13-10-17(21-18(19)20-13)24-8-6-14(7-9-24)11-25-12-16(22-23-25)15-4-2-3-5-15/h10,12,14-15H,2-9,11H2,1H3,(H2,19,20,21). The summed E-state index contributed by atoms with van der Waals surface area (Å²) in [4.78, 5) is 10.8. The number of aryl methyl sites for hydroxylation is 1. The summed E-state index contributed by atoms with van der Waals surface area (Å²) >= 11 is 0. The number of aromatic nitrogens is 5. The molecule has 0 unspecified atom stereocenters. The highest BCUT2D eigenvalue weighted by Crippen LogP contribution is 2.32. The van der Waals surface area contributed by atoms with E-state index in [4.69, 9.17) is 5.73 Å². The molecule has 7 nitrogen and oxygen atoms in total. The largest absolute Gasteiger partial charge is 0.368 e. The average Bonchev–Trinajstić information content (AvgIpc) is 3.26. The van der Waals surface area contributed by atoms with Gasteiger partial charge in [-0.2, -0.15) is 4.98 Å². The molecule has 7 heteroatoms. The Labute approximate surface area is 148 Å². The Morgan fingerprint density at radius 3 is 2.60 bits per heavy atom. The summed E-state index contributed by atoms with van der Waals surface area (Å²) in [5.41, 5.74) is 7.90. The average molecular weight is 341 g/mol. The Morgan fingerprint density at radius 1 is 1.12 bits per heavy atom. The number of hydrogen-bond donors (Lipinski definition) is 1. The number of rotatable bonds is 4. The zero-order chi connectivity index (χ0) is 17.2. The first-order chi connectivity index (χ1) is 12.2. The van der Waals surface area contributed by atoms with Gasteiger partial charge in [0.2, 0.25) is 5.95 Å². The van der Waals surface area contributed by atoms with Crippen LogP contribution in [0, 0.1) is 12.8 Å². The molecule has 0 atom stereocenters. The van der Waals surface area contributed by atoms with Crippen LogP contribution in [0.2, 0.25) is 0 Å². The second-order valence-corrected chi connectivity index (χ2v) is 7.50. The van der Waals surface area contributed by atoms with E-state index in [2.05, 4.69) is 36.1 Å². The summed E-state index contributed by atoms with van der Waals surface area (Å²) in [7, 11) is 0. The number of nitrogen functional groups attached to an aromatic ring is 1. The van der Waals surface area contributed by atoms with E-state index >= 15 is 0 Å². The molecule has 2 aromatic rings. The zero-order valence-electron chi connectivity index (χ0n) is 14.9. The fraction of sp³-hybridized carbons (Fsp3) is 0.667. The second-order valence-electron chi connectivity index (χ2n) is 7.50. The van der Waals surface area contributed by atoms with Crippen LogP contribution in [0.3, 0.4) is 0 Å². The molecule has 1 saturated carbocycles. The van der Waals surface area contributed by atoms with Crippen molar-refractivity contribution in [2.24, 2.45) is 5.92 Å². The first-order valence-corrected chi connectivity index (χ1v) is 9.43. The van der Waals surface area contributed by atoms with E-state index in [1.165, 1.54) is 31.4 Å². The molecule has 0 bridgehead atoms. The van der Waals surface area contributed by atoms with Crippen LogP contribution in [0.15, 0.2) is 12.3 Å². The van der Waals surface area contributed by atoms with Crippen LogP contribution in [0.5, 0.6) is 0 Å². The fourth-order valence-corrected chi connectivity index (χ4v) is 4.16. The van der Waals surface area contributed by atoms with Crippen LogP contribution in [0.1, 0.15) is 55.8 Å². The molecular weight excluding hydrogens is 314 g/mol. The molecule has 2 N–H and O–H groups in total. The minimum absolute atomic E-state index is 0.360. The van der Waals surface area contributed by atoms with Gasteiger partial charge in [0, 0.05) is 43.5 Å². The van der Waals surface area contributed by atoms with E-state index in [0.29, 0.717) is 17.8 Å². The fourth-order valence-electron chi connectivity index (χ4n) is 4.16. The van der Waals surface area contributed by atoms with Gasteiger partial charge in [0.05, 0.1) is 5.69 Å². The maximum absolute atomic E-state index is 5.78. The Morgan fingerprint density at radius 2 is 1.88 bits per heavy atom. The van der Waals surface area contributed by atoms with Gasteiger partial charge in [0.25, 0.3) is 0 Å². The van der Waals surface area contributed by atoms with Gasteiger partial charge in [0.1, 0.15) is 5.82 Å². The van der Waals surface area contributed by atoms with Gasteiger partial charge in [-0.25, -0.2) is 4.98 Å². The molecule has 2 aromatic heterocycles. The maximum Gasteiger partial charge on any atom is 0.222 e. The van der Waals surface area contributed by atoms with Gasteiger partial charge in [-0.15, -0.1) is 5.10 Å². The van der Waals surface area contributed by atoms with Crippen LogP contribution in [0.4, 0.5) is 11.8 Å². The van der Waals surface area contributed by atoms with Crippen molar-refractivity contribution in [3.63, 3.8) is 0 Å². The van der Waals surface area contributed by atoms with Crippen molar-refractivity contribution in [2.45, 2.75) is 57.9 Å². The Bertz CT molecular complexity index is 692. The minimum atomic E-state index is 0.360. The molecule has 4 rings (SSSR count). The summed E-state index contributed by atoms with van der Waals surface area (Å²) < 4.78 is 2.06. The van der Waals surface area contributed by atoms with Crippen molar-refractivity contribution in [3.05, 3.63) is 23.7 Å². The highest BCUT2D eigenvalue weighted by Gasteiger charge is 2.23. The van der Waals surface area contributed by atoms with E-state index in [-0.39, 0.29) is 0 Å². The molecule has 0 spiro atoms. The van der Waals surface area contributed by atoms with Crippen LogP contribution in [-0.2, 0) is 6.54 Å². The second kappa shape index (κ2) is 6.98. The quantitative estimate of drug-likeness (QED) is 0.920. The minimum Gasteiger partial charge on any atom is -0.368 e. The Kier molecular flexibility index (Phi) is 4.55. The first-order valence-electron chi connectivity index (χ1n) is 9.43. The zero-order valence-corrected chi connectivity index (χ0v) is 14.9. The van der Waals surface area contributed by atoms with Gasteiger partial charge in [-0.05, 0) is 38.5 Å². The van der Waals surface area contributed by atoms with Gasteiger partial charge >= 0.3 is 0 Å². The van der Waals surface area contributed by atoms with Crippen molar-refractivity contribution in [1.29, 1.82) is 0 Å². The molecule has 3 heterocycles. The highest BCUT2D eigenvalue weighted by molar-refractivity contribution is 5.43. The predicted octanol–water partition coefficient (Wildman–Crippen LogP) is 2.53. The predicted molar refractivity (Wildman–Crippen MR) is 97.3 cm³/mol. The lowest BCUT2D eigenvalue weighted by Gasteiger charge is -2.32. The van der Waals surface area contributed by atoms with E-state index < -0.39 is 0 Å². The summed E-state index contributed by atoms with van der Waals surface area (Å²) in [6.07, 6.45) is 9.68. The molecule has 0 radical (unpaired) electrons. The van der Waals surface area contributed by atoms with E-state index in [1.807, 2.05) is 13.0 Å². The van der Waals surface area contributed by atoms with E-state index in [9.17, 15) is 0 Å². The van der Waals surface area contributed by atoms with Crippen molar-refractivity contribution < 1.29 is 0 Å². The molecule has 2 fully saturated rings. The molecular formula is C18H27N7. The SMILES string of the molecule is Cc1cc(N2CCC(Cn3cc(C4CCCC4)nn3)CC2)nc(N)n1. The number of nitrogens with two attached hydrogens (primary N) is 1. The lowest BCUT2D eigenvalue weighted by atomic mass is 9.97. The van der Waals surface area contributed by atoms with Crippen LogP contribution >= 0.6 is 0 Å². The van der Waals surface area contributed by atoms with Crippen molar-refractivity contribution in [1.82, 2.24) is 25.0 Å². The molecule has 1 aliphatic carbocycles. The summed E-state index contributed by atoms with van der Waals surface area (Å²) in [6, 6.07) is 2.02. The highest BCUT2D eigenvalue weighted by atomic mass is 15.4. The topological polar surface area (TPSA) is 85.8 Å². The molecule has 1 aliphatic heterocycles.